The summed E-state index contributed by atoms with van der Waals surface area (Å²) in [6, 6.07) is 4.15. The summed E-state index contributed by atoms with van der Waals surface area (Å²) in [6.45, 7) is 1.73. The van der Waals surface area contributed by atoms with Gasteiger partial charge in [-0.15, -0.1) is 0 Å². The summed E-state index contributed by atoms with van der Waals surface area (Å²) in [4.78, 5) is 39.1. The highest BCUT2D eigenvalue weighted by Crippen LogP contribution is 2.35. The fraction of sp³-hybridized carbons (Fsp3) is 0.550. The minimum absolute atomic E-state index is 0.174. The van der Waals surface area contributed by atoms with Crippen LogP contribution >= 0.6 is 0 Å². The van der Waals surface area contributed by atoms with Crippen molar-refractivity contribution in [2.24, 2.45) is 0 Å². The van der Waals surface area contributed by atoms with Crippen molar-refractivity contribution >= 4 is 17.7 Å². The number of carbonyl (C=O) groups excluding carboxylic acids is 3. The molecule has 0 saturated carbocycles. The minimum atomic E-state index is -1.89. The van der Waals surface area contributed by atoms with Gasteiger partial charge in [-0.05, 0) is 44.4 Å². The first-order chi connectivity index (χ1) is 13.8. The number of piperidine rings is 1. The topological polar surface area (TPSA) is 69.7 Å². The SMILES string of the molecule is [2H]C1([2H])C(c2ccc3c(c2)CN(C2CCC(=O)NC2=O)C3=O)C([2H])([2H])N1C(C)(C)C. The molecule has 4 rings (SSSR count). The van der Waals surface area contributed by atoms with Gasteiger partial charge in [-0.3, -0.25) is 24.6 Å². The highest BCUT2D eigenvalue weighted by Gasteiger charge is 2.40. The van der Waals surface area contributed by atoms with Crippen LogP contribution in [0.15, 0.2) is 18.2 Å². The summed E-state index contributed by atoms with van der Waals surface area (Å²) in [5.74, 6) is -2.14. The Morgan fingerprint density at radius 2 is 1.92 bits per heavy atom. The van der Waals surface area contributed by atoms with E-state index < -0.39 is 36.4 Å². The van der Waals surface area contributed by atoms with Crippen LogP contribution in [0.4, 0.5) is 0 Å². The molecule has 1 aromatic rings. The zero-order chi connectivity index (χ0) is 22.2. The summed E-state index contributed by atoms with van der Waals surface area (Å²) in [5.41, 5.74) is 0.862. The van der Waals surface area contributed by atoms with Crippen LogP contribution in [0.5, 0.6) is 0 Å². The third kappa shape index (κ3) is 2.82. The number of benzene rings is 1. The first-order valence-corrected chi connectivity index (χ1v) is 8.84. The van der Waals surface area contributed by atoms with E-state index in [0.29, 0.717) is 16.7 Å². The average molecular weight is 359 g/mol. The third-order valence-corrected chi connectivity index (χ3v) is 5.07. The number of fused-ring (bicyclic) bond motifs is 1. The molecule has 1 unspecified atom stereocenters. The summed E-state index contributed by atoms with van der Waals surface area (Å²) in [5, 5.41) is 2.27. The molecule has 3 heterocycles. The molecule has 2 fully saturated rings. The number of amides is 3. The van der Waals surface area contributed by atoms with Crippen molar-refractivity contribution in [3.63, 3.8) is 0 Å². The second kappa shape index (κ2) is 5.91. The van der Waals surface area contributed by atoms with Gasteiger partial charge in [-0.2, -0.15) is 0 Å². The van der Waals surface area contributed by atoms with E-state index in [2.05, 4.69) is 5.32 Å². The Morgan fingerprint density at radius 3 is 2.58 bits per heavy atom. The molecule has 0 aromatic heterocycles. The zero-order valence-electron chi connectivity index (χ0n) is 19.1. The van der Waals surface area contributed by atoms with Crippen LogP contribution < -0.4 is 5.32 Å². The molecule has 138 valence electrons. The molecule has 0 aliphatic carbocycles. The van der Waals surface area contributed by atoms with Gasteiger partial charge in [0.15, 0.2) is 0 Å². The van der Waals surface area contributed by atoms with E-state index in [1.165, 1.54) is 9.80 Å². The summed E-state index contributed by atoms with van der Waals surface area (Å²) < 4.78 is 34.0. The maximum atomic E-state index is 12.8. The number of imide groups is 1. The van der Waals surface area contributed by atoms with Gasteiger partial charge >= 0.3 is 0 Å². The molecule has 1 aromatic carbocycles. The van der Waals surface area contributed by atoms with Crippen LogP contribution in [-0.2, 0) is 16.1 Å². The molecule has 6 nitrogen and oxygen atoms in total. The third-order valence-electron chi connectivity index (χ3n) is 5.07. The zero-order valence-corrected chi connectivity index (χ0v) is 15.1. The van der Waals surface area contributed by atoms with Crippen molar-refractivity contribution in [3.05, 3.63) is 34.9 Å². The predicted molar refractivity (Wildman–Crippen MR) is 96.6 cm³/mol. The smallest absolute Gasteiger partial charge is 0.255 e. The van der Waals surface area contributed by atoms with Crippen LogP contribution in [0.3, 0.4) is 0 Å². The number of hydrogen-bond acceptors (Lipinski definition) is 4. The average Bonchev–Trinajstić information content (AvgIpc) is 2.88. The Kier molecular flexibility index (Phi) is 2.96. The molecular weight excluding hydrogens is 330 g/mol. The van der Waals surface area contributed by atoms with Gasteiger partial charge < -0.3 is 4.90 Å². The van der Waals surface area contributed by atoms with E-state index in [1.54, 1.807) is 39.0 Å². The van der Waals surface area contributed by atoms with Gasteiger partial charge in [0, 0.05) is 48.5 Å². The fourth-order valence-electron chi connectivity index (χ4n) is 3.57. The maximum Gasteiger partial charge on any atom is 0.255 e. The van der Waals surface area contributed by atoms with E-state index in [1.807, 2.05) is 0 Å². The normalized spacial score (nSPS) is 30.7. The monoisotopic (exact) mass is 359 g/mol. The molecule has 3 amide bonds. The number of hydrogen-bond donors (Lipinski definition) is 1. The lowest BCUT2D eigenvalue weighted by atomic mass is 9.86. The number of likely N-dealkylation sites (tertiary alicyclic amines) is 1. The van der Waals surface area contributed by atoms with Gasteiger partial charge in [-0.1, -0.05) is 12.1 Å². The highest BCUT2D eigenvalue weighted by atomic mass is 16.2. The lowest BCUT2D eigenvalue weighted by molar-refractivity contribution is -0.136. The molecule has 3 aliphatic rings. The van der Waals surface area contributed by atoms with Crippen LogP contribution in [0.1, 0.15) is 66.5 Å². The first-order valence-electron chi connectivity index (χ1n) is 10.8. The van der Waals surface area contributed by atoms with Crippen molar-refractivity contribution in [3.8, 4) is 0 Å². The van der Waals surface area contributed by atoms with E-state index in [9.17, 15) is 14.4 Å². The van der Waals surface area contributed by atoms with Crippen LogP contribution in [-0.4, -0.2) is 52.1 Å². The van der Waals surface area contributed by atoms with E-state index in [0.717, 1.165) is 0 Å². The van der Waals surface area contributed by atoms with Gasteiger partial charge in [-0.25, -0.2) is 0 Å². The Hall–Kier alpha value is -2.21. The quantitative estimate of drug-likeness (QED) is 0.815. The van der Waals surface area contributed by atoms with Gasteiger partial charge in [0.2, 0.25) is 11.8 Å². The summed E-state index contributed by atoms with van der Waals surface area (Å²) in [6.07, 6.45) is 0.443. The Balaban J connectivity index is 1.63. The van der Waals surface area contributed by atoms with E-state index in [-0.39, 0.29) is 31.2 Å². The molecule has 26 heavy (non-hydrogen) atoms. The second-order valence-electron chi connectivity index (χ2n) is 8.01. The lowest BCUT2D eigenvalue weighted by Gasteiger charge is -2.48. The van der Waals surface area contributed by atoms with Crippen molar-refractivity contribution in [1.82, 2.24) is 15.1 Å². The van der Waals surface area contributed by atoms with Crippen molar-refractivity contribution in [2.45, 2.75) is 57.7 Å². The Bertz CT molecular complexity index is 941. The Morgan fingerprint density at radius 1 is 1.19 bits per heavy atom. The largest absolute Gasteiger partial charge is 0.322 e. The molecular formula is C20H25N3O3. The van der Waals surface area contributed by atoms with Crippen LogP contribution in [0, 0.1) is 0 Å². The van der Waals surface area contributed by atoms with Gasteiger partial charge in [0.05, 0.1) is 0 Å². The van der Waals surface area contributed by atoms with Crippen LogP contribution in [0.25, 0.3) is 0 Å². The van der Waals surface area contributed by atoms with E-state index >= 15 is 0 Å². The standard InChI is InChI=1S/C20H25N3O3/c1-20(2,3)22-9-14(10-22)12-4-5-15-13(8-12)11-23(19(15)26)16-6-7-17(24)21-18(16)25/h4-5,8,14,16H,6-7,9-11H2,1-3H3,(H,21,24,25)/i9D2,10D2. The van der Waals surface area contributed by atoms with Gasteiger partial charge in [0.25, 0.3) is 5.91 Å². The van der Waals surface area contributed by atoms with Crippen LogP contribution in [0.2, 0.25) is 0 Å². The molecule has 2 saturated heterocycles. The minimum Gasteiger partial charge on any atom is -0.322 e. The number of carbonyl (C=O) groups is 3. The number of nitrogens with zero attached hydrogens (tertiary/aromatic N) is 2. The molecule has 0 spiro atoms. The molecule has 1 N–H and O–H groups in total. The predicted octanol–water partition coefficient (Wildman–Crippen LogP) is 1.65. The number of nitrogens with one attached hydrogen (secondary N) is 1. The van der Waals surface area contributed by atoms with E-state index in [4.69, 9.17) is 5.48 Å². The molecule has 1 atom stereocenters. The van der Waals surface area contributed by atoms with Crippen molar-refractivity contribution < 1.29 is 19.9 Å². The molecule has 3 aliphatic heterocycles. The summed E-state index contributed by atoms with van der Waals surface area (Å²) in [7, 11) is 0. The fourth-order valence-corrected chi connectivity index (χ4v) is 3.57. The molecule has 6 heteroatoms. The first kappa shape index (κ1) is 13.0. The summed E-state index contributed by atoms with van der Waals surface area (Å²) >= 11 is 0. The van der Waals surface area contributed by atoms with Gasteiger partial charge in [0.1, 0.15) is 6.04 Å². The highest BCUT2D eigenvalue weighted by molar-refractivity contribution is 6.05. The number of rotatable bonds is 2. The maximum absolute atomic E-state index is 12.8. The second-order valence-corrected chi connectivity index (χ2v) is 8.01. The lowest BCUT2D eigenvalue weighted by Crippen LogP contribution is -2.54. The Labute approximate surface area is 159 Å². The van der Waals surface area contributed by atoms with Crippen molar-refractivity contribution in [2.75, 3.05) is 13.0 Å². The molecule has 0 bridgehead atoms. The molecule has 0 radical (unpaired) electrons. The van der Waals surface area contributed by atoms with Crippen molar-refractivity contribution in [1.29, 1.82) is 0 Å².